The fraction of sp³-hybridized carbons (Fsp3) is 0.143. The van der Waals surface area contributed by atoms with Gasteiger partial charge in [-0.15, -0.1) is 0 Å². The fourth-order valence-electron chi connectivity index (χ4n) is 2.50. The predicted octanol–water partition coefficient (Wildman–Crippen LogP) is 4.53. The maximum Gasteiger partial charge on any atom is 0.161 e. The number of nitrogens with one attached hydrogen (secondary N) is 2. The molecule has 0 radical (unpaired) electrons. The monoisotopic (exact) mass is 352 g/mol. The van der Waals surface area contributed by atoms with Gasteiger partial charge in [0, 0.05) is 12.2 Å². The molecule has 3 aromatic carbocycles. The molecular weight excluding hydrogens is 331 g/mol. The Hall–Kier alpha value is -3.05. The molecule has 134 valence electrons. The minimum Gasteiger partial charge on any atom is -0.493 e. The minimum absolute atomic E-state index is 0.273. The lowest BCUT2D eigenvalue weighted by molar-refractivity contribution is 0.284. The molecule has 0 aliphatic rings. The van der Waals surface area contributed by atoms with E-state index < -0.39 is 0 Å². The minimum atomic E-state index is -0.273. The number of ether oxygens (including phenoxy) is 2. The Balaban J connectivity index is 1.58. The van der Waals surface area contributed by atoms with Crippen LogP contribution in [0.15, 0.2) is 72.8 Å². The number of rotatable bonds is 8. The number of hydrogen-bond donors (Lipinski definition) is 2. The first-order chi connectivity index (χ1) is 12.7. The third kappa shape index (κ3) is 4.97. The van der Waals surface area contributed by atoms with Crippen molar-refractivity contribution in [1.82, 2.24) is 5.43 Å². The van der Waals surface area contributed by atoms with Gasteiger partial charge in [-0.2, -0.15) is 0 Å². The van der Waals surface area contributed by atoms with Crippen LogP contribution in [0.5, 0.6) is 11.5 Å². The van der Waals surface area contributed by atoms with E-state index in [-0.39, 0.29) is 12.4 Å². The lowest BCUT2D eigenvalue weighted by Crippen LogP contribution is -2.20. The molecule has 26 heavy (non-hydrogen) atoms. The van der Waals surface area contributed by atoms with Crippen molar-refractivity contribution in [2.75, 3.05) is 12.5 Å². The molecular formula is C21H21FN2O2. The van der Waals surface area contributed by atoms with E-state index in [0.717, 1.165) is 16.8 Å². The van der Waals surface area contributed by atoms with E-state index in [9.17, 15) is 4.39 Å². The topological polar surface area (TPSA) is 42.5 Å². The molecule has 3 rings (SSSR count). The summed E-state index contributed by atoms with van der Waals surface area (Å²) in [6.07, 6.45) is 0. The Morgan fingerprint density at radius 3 is 2.46 bits per heavy atom. The van der Waals surface area contributed by atoms with Gasteiger partial charge in [0.05, 0.1) is 7.11 Å². The van der Waals surface area contributed by atoms with Crippen LogP contribution in [0.1, 0.15) is 11.1 Å². The van der Waals surface area contributed by atoms with Gasteiger partial charge in [0.1, 0.15) is 12.4 Å². The highest BCUT2D eigenvalue weighted by molar-refractivity contribution is 5.44. The summed E-state index contributed by atoms with van der Waals surface area (Å²) in [6.45, 7) is 0.900. The quantitative estimate of drug-likeness (QED) is 0.585. The van der Waals surface area contributed by atoms with Crippen LogP contribution in [0.2, 0.25) is 0 Å². The number of anilines is 1. The van der Waals surface area contributed by atoms with Gasteiger partial charge >= 0.3 is 0 Å². The first-order valence-corrected chi connectivity index (χ1v) is 8.32. The molecule has 0 bridgehead atoms. The molecule has 3 aromatic rings. The molecule has 2 N–H and O–H groups in total. The number of benzene rings is 3. The standard InChI is InChI=1S/C21H21FN2O2/c1-25-21-13-16(14-23-24-19-8-3-2-4-9-19)10-11-20(21)26-15-17-6-5-7-18(22)12-17/h2-13,23-24H,14-15H2,1H3. The Labute approximate surface area is 152 Å². The second-order valence-corrected chi connectivity index (χ2v) is 5.75. The Morgan fingerprint density at radius 2 is 1.69 bits per heavy atom. The van der Waals surface area contributed by atoms with Crippen LogP contribution in [0.4, 0.5) is 10.1 Å². The van der Waals surface area contributed by atoms with Gasteiger partial charge in [-0.1, -0.05) is 36.4 Å². The number of hydrazine groups is 1. The first kappa shape index (κ1) is 17.8. The lowest BCUT2D eigenvalue weighted by Gasteiger charge is -2.13. The molecule has 0 aliphatic carbocycles. The highest BCUT2D eigenvalue weighted by Gasteiger charge is 2.07. The molecule has 0 aromatic heterocycles. The molecule has 0 heterocycles. The summed E-state index contributed by atoms with van der Waals surface area (Å²) in [4.78, 5) is 0. The summed E-state index contributed by atoms with van der Waals surface area (Å²) in [5.41, 5.74) is 9.11. The van der Waals surface area contributed by atoms with E-state index in [4.69, 9.17) is 9.47 Å². The van der Waals surface area contributed by atoms with E-state index in [2.05, 4.69) is 10.9 Å². The van der Waals surface area contributed by atoms with Crippen molar-refractivity contribution in [2.24, 2.45) is 0 Å². The molecule has 0 amide bonds. The van der Waals surface area contributed by atoms with E-state index >= 15 is 0 Å². The first-order valence-electron chi connectivity index (χ1n) is 8.32. The molecule has 0 atom stereocenters. The van der Waals surface area contributed by atoms with Crippen LogP contribution in [0.25, 0.3) is 0 Å². The van der Waals surface area contributed by atoms with Crippen LogP contribution < -0.4 is 20.3 Å². The molecule has 0 fully saturated rings. The molecule has 0 spiro atoms. The third-order valence-electron chi connectivity index (χ3n) is 3.81. The van der Waals surface area contributed by atoms with Crippen molar-refractivity contribution in [3.05, 3.63) is 89.7 Å². The number of hydrogen-bond acceptors (Lipinski definition) is 4. The van der Waals surface area contributed by atoms with Crippen molar-refractivity contribution in [1.29, 1.82) is 0 Å². The van der Waals surface area contributed by atoms with Crippen LogP contribution in [0.3, 0.4) is 0 Å². The van der Waals surface area contributed by atoms with E-state index in [1.165, 1.54) is 12.1 Å². The average Bonchev–Trinajstić information content (AvgIpc) is 2.67. The number of methoxy groups -OCH3 is 1. The summed E-state index contributed by atoms with van der Waals surface area (Å²) >= 11 is 0. The Morgan fingerprint density at radius 1 is 0.846 bits per heavy atom. The average molecular weight is 352 g/mol. The molecule has 4 nitrogen and oxygen atoms in total. The Kier molecular flexibility index (Phi) is 6.06. The lowest BCUT2D eigenvalue weighted by atomic mass is 10.2. The van der Waals surface area contributed by atoms with Crippen LogP contribution in [-0.2, 0) is 13.2 Å². The smallest absolute Gasteiger partial charge is 0.161 e. The largest absolute Gasteiger partial charge is 0.493 e. The van der Waals surface area contributed by atoms with E-state index in [1.807, 2.05) is 54.6 Å². The zero-order valence-corrected chi connectivity index (χ0v) is 14.5. The van der Waals surface area contributed by atoms with E-state index in [0.29, 0.717) is 18.0 Å². The molecule has 0 aliphatic heterocycles. The van der Waals surface area contributed by atoms with Crippen molar-refractivity contribution < 1.29 is 13.9 Å². The summed E-state index contributed by atoms with van der Waals surface area (Å²) in [7, 11) is 1.60. The summed E-state index contributed by atoms with van der Waals surface area (Å²) in [6, 6.07) is 22.0. The number of para-hydroxylation sites is 1. The maximum atomic E-state index is 13.2. The van der Waals surface area contributed by atoms with Gasteiger partial charge in [-0.25, -0.2) is 9.82 Å². The van der Waals surface area contributed by atoms with Gasteiger partial charge in [-0.3, -0.25) is 0 Å². The highest BCUT2D eigenvalue weighted by atomic mass is 19.1. The highest BCUT2D eigenvalue weighted by Crippen LogP contribution is 2.29. The summed E-state index contributed by atoms with van der Waals surface area (Å²) in [5.74, 6) is 0.988. The van der Waals surface area contributed by atoms with Crippen LogP contribution in [0, 0.1) is 5.82 Å². The summed E-state index contributed by atoms with van der Waals surface area (Å²) < 4.78 is 24.4. The van der Waals surface area contributed by atoms with Gasteiger partial charge in [0.25, 0.3) is 0 Å². The van der Waals surface area contributed by atoms with Crippen molar-refractivity contribution in [3.63, 3.8) is 0 Å². The zero-order valence-electron chi connectivity index (χ0n) is 14.5. The predicted molar refractivity (Wildman–Crippen MR) is 101 cm³/mol. The van der Waals surface area contributed by atoms with Crippen LogP contribution in [-0.4, -0.2) is 7.11 Å². The summed E-state index contributed by atoms with van der Waals surface area (Å²) in [5, 5.41) is 0. The van der Waals surface area contributed by atoms with Gasteiger partial charge in [-0.05, 0) is 47.5 Å². The number of halogens is 1. The maximum absolute atomic E-state index is 13.2. The third-order valence-corrected chi connectivity index (χ3v) is 3.81. The normalized spacial score (nSPS) is 10.4. The molecule has 0 saturated heterocycles. The van der Waals surface area contributed by atoms with Crippen molar-refractivity contribution in [3.8, 4) is 11.5 Å². The zero-order chi connectivity index (χ0) is 18.2. The Bertz CT molecular complexity index is 840. The van der Waals surface area contributed by atoms with Crippen molar-refractivity contribution >= 4 is 5.69 Å². The second-order valence-electron chi connectivity index (χ2n) is 5.75. The molecule has 0 saturated carbocycles. The fourth-order valence-corrected chi connectivity index (χ4v) is 2.50. The van der Waals surface area contributed by atoms with E-state index in [1.54, 1.807) is 13.2 Å². The van der Waals surface area contributed by atoms with Crippen LogP contribution >= 0.6 is 0 Å². The van der Waals surface area contributed by atoms with Gasteiger partial charge < -0.3 is 14.9 Å². The SMILES string of the molecule is COc1cc(CNNc2ccccc2)ccc1OCc1cccc(F)c1. The molecule has 0 unspecified atom stereocenters. The molecule has 5 heteroatoms. The second kappa shape index (κ2) is 8.87. The van der Waals surface area contributed by atoms with Gasteiger partial charge in [0.15, 0.2) is 11.5 Å². The van der Waals surface area contributed by atoms with Crippen molar-refractivity contribution in [2.45, 2.75) is 13.2 Å². The van der Waals surface area contributed by atoms with Gasteiger partial charge in [0.2, 0.25) is 0 Å².